The Kier molecular flexibility index (Phi) is 2.73. The summed E-state index contributed by atoms with van der Waals surface area (Å²) in [5.74, 6) is -0.365. The Morgan fingerprint density at radius 3 is 2.93 bits per heavy atom. The maximum absolute atomic E-state index is 10.4. The van der Waals surface area contributed by atoms with Gasteiger partial charge in [-0.05, 0) is 5.92 Å². The molecule has 5 nitrogen and oxygen atoms in total. The van der Waals surface area contributed by atoms with Crippen molar-refractivity contribution >= 4 is 5.97 Å². The molecule has 1 fully saturated rings. The number of likely N-dealkylation sites (tertiary alicyclic amines) is 1. The van der Waals surface area contributed by atoms with Crippen molar-refractivity contribution < 1.29 is 9.90 Å². The lowest BCUT2D eigenvalue weighted by atomic mass is 9.96. The first-order valence-corrected chi connectivity index (χ1v) is 5.04. The van der Waals surface area contributed by atoms with Gasteiger partial charge in [-0.1, -0.05) is 0 Å². The lowest BCUT2D eigenvalue weighted by molar-refractivity contribution is -0.139. The topological polar surface area (TPSA) is 58.4 Å². The molecule has 0 bridgehead atoms. The number of carboxylic acid groups (broad SMARTS) is 1. The van der Waals surface area contributed by atoms with Crippen LogP contribution in [0, 0.1) is 5.92 Å². The minimum absolute atomic E-state index is 0.294. The second kappa shape index (κ2) is 4.02. The van der Waals surface area contributed by atoms with Crippen molar-refractivity contribution in [2.75, 3.05) is 13.1 Å². The van der Waals surface area contributed by atoms with E-state index in [1.54, 1.807) is 6.33 Å². The predicted molar refractivity (Wildman–Crippen MR) is 54.2 cm³/mol. The molecular weight excluding hydrogens is 194 g/mol. The van der Waals surface area contributed by atoms with Gasteiger partial charge in [0.2, 0.25) is 0 Å². The van der Waals surface area contributed by atoms with Crippen molar-refractivity contribution in [3.05, 3.63) is 18.2 Å². The van der Waals surface area contributed by atoms with E-state index in [9.17, 15) is 4.79 Å². The van der Waals surface area contributed by atoms with Crippen molar-refractivity contribution in [3.8, 4) is 0 Å². The van der Waals surface area contributed by atoms with Gasteiger partial charge in [0.1, 0.15) is 0 Å². The van der Waals surface area contributed by atoms with E-state index in [4.69, 9.17) is 5.11 Å². The fourth-order valence-corrected chi connectivity index (χ4v) is 1.95. The molecule has 2 heterocycles. The molecule has 1 N–H and O–H groups in total. The number of nitrogens with zero attached hydrogens (tertiary/aromatic N) is 3. The van der Waals surface area contributed by atoms with Gasteiger partial charge < -0.3 is 9.67 Å². The molecule has 1 aromatic rings. The van der Waals surface area contributed by atoms with Gasteiger partial charge >= 0.3 is 5.97 Å². The molecule has 1 aliphatic rings. The lowest BCUT2D eigenvalue weighted by Crippen LogP contribution is -2.46. The first-order chi connectivity index (χ1) is 7.15. The van der Waals surface area contributed by atoms with Crippen molar-refractivity contribution in [2.24, 2.45) is 13.0 Å². The Bertz CT molecular complexity index is 355. The Hall–Kier alpha value is -1.36. The summed E-state index contributed by atoms with van der Waals surface area (Å²) in [5, 5.41) is 8.60. The average molecular weight is 209 g/mol. The standard InChI is InChI=1S/C10H15N3O2/c1-12-7-11-3-9(12)6-13-4-8(5-13)2-10(14)15/h3,7-8H,2,4-6H2,1H3,(H,14,15). The number of aliphatic carboxylic acids is 1. The van der Waals surface area contributed by atoms with Gasteiger partial charge in [0.05, 0.1) is 18.4 Å². The highest BCUT2D eigenvalue weighted by molar-refractivity contribution is 5.67. The number of hydrogen-bond acceptors (Lipinski definition) is 3. The van der Waals surface area contributed by atoms with Crippen LogP contribution in [-0.4, -0.2) is 38.6 Å². The van der Waals surface area contributed by atoms with Crippen LogP contribution in [0.25, 0.3) is 0 Å². The maximum Gasteiger partial charge on any atom is 0.303 e. The quantitative estimate of drug-likeness (QED) is 0.776. The van der Waals surface area contributed by atoms with E-state index in [1.165, 1.54) is 5.69 Å². The zero-order valence-electron chi connectivity index (χ0n) is 8.76. The van der Waals surface area contributed by atoms with Crippen LogP contribution in [0.2, 0.25) is 0 Å². The minimum Gasteiger partial charge on any atom is -0.481 e. The van der Waals surface area contributed by atoms with E-state index < -0.39 is 5.97 Å². The van der Waals surface area contributed by atoms with Gasteiger partial charge in [0, 0.05) is 32.9 Å². The number of imidazole rings is 1. The van der Waals surface area contributed by atoms with Crippen molar-refractivity contribution in [3.63, 3.8) is 0 Å². The Morgan fingerprint density at radius 1 is 1.67 bits per heavy atom. The molecule has 0 unspecified atom stereocenters. The summed E-state index contributed by atoms with van der Waals surface area (Å²) in [6, 6.07) is 0. The molecule has 2 rings (SSSR count). The highest BCUT2D eigenvalue weighted by atomic mass is 16.4. The largest absolute Gasteiger partial charge is 0.481 e. The molecule has 1 aromatic heterocycles. The van der Waals surface area contributed by atoms with Gasteiger partial charge in [-0.2, -0.15) is 0 Å². The third kappa shape index (κ3) is 2.36. The van der Waals surface area contributed by atoms with E-state index in [1.807, 2.05) is 17.8 Å². The molecule has 0 saturated carbocycles. The third-order valence-electron chi connectivity index (χ3n) is 2.80. The Labute approximate surface area is 88.3 Å². The van der Waals surface area contributed by atoms with Crippen LogP contribution in [0.5, 0.6) is 0 Å². The normalized spacial score (nSPS) is 17.7. The zero-order chi connectivity index (χ0) is 10.8. The van der Waals surface area contributed by atoms with Crippen LogP contribution in [0.3, 0.4) is 0 Å². The molecular formula is C10H15N3O2. The van der Waals surface area contributed by atoms with Crippen molar-refractivity contribution in [1.82, 2.24) is 14.5 Å². The first-order valence-electron chi connectivity index (χ1n) is 5.04. The van der Waals surface area contributed by atoms with E-state index in [0.29, 0.717) is 12.3 Å². The number of carboxylic acids is 1. The van der Waals surface area contributed by atoms with Crippen LogP contribution in [0.4, 0.5) is 0 Å². The van der Waals surface area contributed by atoms with Gasteiger partial charge in [0.25, 0.3) is 0 Å². The maximum atomic E-state index is 10.4. The predicted octanol–water partition coefficient (Wildman–Crippen LogP) is 0.327. The Balaban J connectivity index is 1.77. The molecule has 0 aliphatic carbocycles. The van der Waals surface area contributed by atoms with Crippen molar-refractivity contribution in [1.29, 1.82) is 0 Å². The van der Waals surface area contributed by atoms with Crippen LogP contribution >= 0.6 is 0 Å². The minimum atomic E-state index is -0.694. The van der Waals surface area contributed by atoms with Crippen LogP contribution in [0.1, 0.15) is 12.1 Å². The van der Waals surface area contributed by atoms with E-state index in [-0.39, 0.29) is 0 Å². The molecule has 1 saturated heterocycles. The summed E-state index contributed by atoms with van der Waals surface area (Å²) in [4.78, 5) is 16.7. The van der Waals surface area contributed by atoms with Crippen LogP contribution in [0.15, 0.2) is 12.5 Å². The van der Waals surface area contributed by atoms with Crippen LogP contribution < -0.4 is 0 Å². The van der Waals surface area contributed by atoms with Gasteiger partial charge in [-0.15, -0.1) is 0 Å². The SMILES string of the molecule is Cn1cncc1CN1CC(CC(=O)O)C1. The van der Waals surface area contributed by atoms with Gasteiger partial charge in [-0.25, -0.2) is 4.98 Å². The molecule has 0 spiro atoms. The first kappa shape index (κ1) is 10.2. The summed E-state index contributed by atoms with van der Waals surface area (Å²) < 4.78 is 1.99. The highest BCUT2D eigenvalue weighted by Gasteiger charge is 2.28. The zero-order valence-corrected chi connectivity index (χ0v) is 8.76. The van der Waals surface area contributed by atoms with E-state index in [2.05, 4.69) is 9.88 Å². The molecule has 1 aliphatic heterocycles. The van der Waals surface area contributed by atoms with E-state index >= 15 is 0 Å². The fraction of sp³-hybridized carbons (Fsp3) is 0.600. The third-order valence-corrected chi connectivity index (χ3v) is 2.80. The number of carbonyl (C=O) groups is 1. The molecule has 0 amide bonds. The molecule has 5 heteroatoms. The lowest BCUT2D eigenvalue weighted by Gasteiger charge is -2.38. The van der Waals surface area contributed by atoms with Gasteiger partial charge in [0.15, 0.2) is 0 Å². The van der Waals surface area contributed by atoms with Gasteiger partial charge in [-0.3, -0.25) is 9.69 Å². The molecule has 0 atom stereocenters. The second-order valence-corrected chi connectivity index (χ2v) is 4.15. The number of rotatable bonds is 4. The summed E-state index contributed by atoms with van der Waals surface area (Å²) in [7, 11) is 1.97. The summed E-state index contributed by atoms with van der Waals surface area (Å²) in [5.41, 5.74) is 1.17. The molecule has 0 radical (unpaired) electrons. The highest BCUT2D eigenvalue weighted by Crippen LogP contribution is 2.20. The molecule has 0 aromatic carbocycles. The summed E-state index contributed by atoms with van der Waals surface area (Å²) in [6.45, 7) is 2.64. The fourth-order valence-electron chi connectivity index (χ4n) is 1.95. The number of aromatic nitrogens is 2. The number of hydrogen-bond donors (Lipinski definition) is 1. The number of aryl methyl sites for hydroxylation is 1. The van der Waals surface area contributed by atoms with Crippen molar-refractivity contribution in [2.45, 2.75) is 13.0 Å². The molecule has 15 heavy (non-hydrogen) atoms. The molecule has 82 valence electrons. The summed E-state index contributed by atoms with van der Waals surface area (Å²) >= 11 is 0. The Morgan fingerprint density at radius 2 is 2.40 bits per heavy atom. The van der Waals surface area contributed by atoms with Crippen LogP contribution in [-0.2, 0) is 18.4 Å². The second-order valence-electron chi connectivity index (χ2n) is 4.15. The average Bonchev–Trinajstić information content (AvgIpc) is 2.47. The summed E-state index contributed by atoms with van der Waals surface area (Å²) in [6.07, 6.45) is 3.93. The monoisotopic (exact) mass is 209 g/mol. The van der Waals surface area contributed by atoms with E-state index in [0.717, 1.165) is 19.6 Å². The smallest absolute Gasteiger partial charge is 0.303 e.